The van der Waals surface area contributed by atoms with Crippen molar-refractivity contribution in [3.05, 3.63) is 48.7 Å². The Morgan fingerprint density at radius 2 is 1.88 bits per heavy atom. The zero-order chi connectivity index (χ0) is 12.8. The Morgan fingerprint density at radius 3 is 2.29 bits per heavy atom. The summed E-state index contributed by atoms with van der Waals surface area (Å²) in [6.45, 7) is 0.921. The van der Waals surface area contributed by atoms with Crippen molar-refractivity contribution in [2.24, 2.45) is 0 Å². The first-order chi connectivity index (χ1) is 8.02. The van der Waals surface area contributed by atoms with Gasteiger partial charge in [0.15, 0.2) is 0 Å². The third-order valence-electron chi connectivity index (χ3n) is 2.03. The Hall–Kier alpha value is -1.84. The van der Waals surface area contributed by atoms with Crippen molar-refractivity contribution in [1.29, 1.82) is 0 Å². The maximum Gasteiger partial charge on any atom is 0.387 e. The number of alkyl halides is 2. The van der Waals surface area contributed by atoms with Crippen LogP contribution in [0.3, 0.4) is 0 Å². The normalized spacial score (nSPS) is 11.5. The highest BCUT2D eigenvalue weighted by atomic mass is 19.3. The van der Waals surface area contributed by atoms with Crippen LogP contribution in [0.25, 0.3) is 5.57 Å². The van der Waals surface area contributed by atoms with E-state index in [4.69, 9.17) is 0 Å². The lowest BCUT2D eigenvalue weighted by atomic mass is 10.1. The van der Waals surface area contributed by atoms with E-state index in [0.717, 1.165) is 11.1 Å². The molecule has 92 valence electrons. The second-order valence-corrected chi connectivity index (χ2v) is 3.66. The van der Waals surface area contributed by atoms with Gasteiger partial charge in [-0.1, -0.05) is 24.8 Å². The summed E-state index contributed by atoms with van der Waals surface area (Å²) >= 11 is 0. The molecule has 1 aromatic rings. The minimum atomic E-state index is -2.79. The first kappa shape index (κ1) is 13.2. The van der Waals surface area contributed by atoms with E-state index in [1.165, 1.54) is 12.1 Å². The highest BCUT2D eigenvalue weighted by Gasteiger charge is 2.04. The van der Waals surface area contributed by atoms with E-state index in [2.05, 4.69) is 11.3 Å². The lowest BCUT2D eigenvalue weighted by molar-refractivity contribution is -0.0498. The molecule has 0 aromatic heterocycles. The van der Waals surface area contributed by atoms with Crippen LogP contribution in [0.2, 0.25) is 0 Å². The fourth-order valence-electron chi connectivity index (χ4n) is 1.35. The van der Waals surface area contributed by atoms with Gasteiger partial charge in [0, 0.05) is 20.3 Å². The zero-order valence-corrected chi connectivity index (χ0v) is 9.86. The molecule has 0 saturated carbocycles. The van der Waals surface area contributed by atoms with E-state index < -0.39 is 6.61 Å². The number of nitrogens with zero attached hydrogens (tertiary/aromatic N) is 1. The van der Waals surface area contributed by atoms with Gasteiger partial charge in [-0.15, -0.1) is 0 Å². The predicted molar refractivity (Wildman–Crippen MR) is 64.9 cm³/mol. The van der Waals surface area contributed by atoms with Gasteiger partial charge in [0.2, 0.25) is 0 Å². The molecule has 0 aliphatic carbocycles. The van der Waals surface area contributed by atoms with Gasteiger partial charge >= 0.3 is 6.61 Å². The summed E-state index contributed by atoms with van der Waals surface area (Å²) < 4.78 is 28.2. The Morgan fingerprint density at radius 1 is 1.29 bits per heavy atom. The van der Waals surface area contributed by atoms with Gasteiger partial charge in [0.25, 0.3) is 0 Å². The van der Waals surface area contributed by atoms with E-state index in [0.29, 0.717) is 0 Å². The lowest BCUT2D eigenvalue weighted by Gasteiger charge is -2.10. The average Bonchev–Trinajstić information content (AvgIpc) is 2.26. The summed E-state index contributed by atoms with van der Waals surface area (Å²) in [4.78, 5) is 1.89. The summed E-state index contributed by atoms with van der Waals surface area (Å²) in [6.07, 6.45) is 3.61. The quantitative estimate of drug-likeness (QED) is 0.730. The molecule has 1 rings (SSSR count). The standard InChI is InChI=1S/C13H15F2NO/c1-4-10(9-16(2)3)11-5-7-12(8-6-11)17-13(14)15/h4-9,13H,1H2,2-3H3/b10-9+. The minimum absolute atomic E-state index is 0.150. The van der Waals surface area contributed by atoms with Gasteiger partial charge in [0.1, 0.15) is 5.75 Å². The molecule has 0 spiro atoms. The van der Waals surface area contributed by atoms with Gasteiger partial charge in [-0.3, -0.25) is 0 Å². The third-order valence-corrected chi connectivity index (χ3v) is 2.03. The van der Waals surface area contributed by atoms with Crippen molar-refractivity contribution in [3.8, 4) is 5.75 Å². The van der Waals surface area contributed by atoms with Crippen molar-refractivity contribution in [1.82, 2.24) is 4.90 Å². The van der Waals surface area contributed by atoms with Gasteiger partial charge in [0.05, 0.1) is 0 Å². The summed E-state index contributed by atoms with van der Waals surface area (Å²) in [5.74, 6) is 0.150. The second-order valence-electron chi connectivity index (χ2n) is 3.66. The molecular weight excluding hydrogens is 224 g/mol. The van der Waals surface area contributed by atoms with Crippen LogP contribution in [0.4, 0.5) is 8.78 Å². The van der Waals surface area contributed by atoms with Crippen LogP contribution in [0, 0.1) is 0 Å². The Balaban J connectivity index is 2.89. The molecular formula is C13H15F2NO. The highest BCUT2D eigenvalue weighted by molar-refractivity contribution is 5.73. The van der Waals surface area contributed by atoms with Crippen molar-refractivity contribution in [2.75, 3.05) is 14.1 Å². The van der Waals surface area contributed by atoms with Crippen molar-refractivity contribution >= 4 is 5.57 Å². The third kappa shape index (κ3) is 4.26. The molecule has 4 heteroatoms. The zero-order valence-electron chi connectivity index (χ0n) is 9.86. The van der Waals surface area contributed by atoms with Crippen molar-refractivity contribution < 1.29 is 13.5 Å². The number of allylic oxidation sites excluding steroid dienone is 2. The fraction of sp³-hybridized carbons (Fsp3) is 0.231. The monoisotopic (exact) mass is 239 g/mol. The van der Waals surface area contributed by atoms with E-state index in [1.54, 1.807) is 18.2 Å². The van der Waals surface area contributed by atoms with E-state index in [1.807, 2.05) is 25.2 Å². The average molecular weight is 239 g/mol. The van der Waals surface area contributed by atoms with Crippen LogP contribution < -0.4 is 4.74 Å². The van der Waals surface area contributed by atoms with E-state index >= 15 is 0 Å². The second kappa shape index (κ2) is 6.03. The van der Waals surface area contributed by atoms with Crippen LogP contribution in [-0.4, -0.2) is 25.6 Å². The summed E-state index contributed by atoms with van der Waals surface area (Å²) in [5, 5.41) is 0. The van der Waals surface area contributed by atoms with Crippen LogP contribution >= 0.6 is 0 Å². The van der Waals surface area contributed by atoms with Crippen molar-refractivity contribution in [2.45, 2.75) is 6.61 Å². The number of benzene rings is 1. The predicted octanol–water partition coefficient (Wildman–Crippen LogP) is 3.38. The van der Waals surface area contributed by atoms with E-state index in [9.17, 15) is 8.78 Å². The molecule has 0 aliphatic heterocycles. The lowest BCUT2D eigenvalue weighted by Crippen LogP contribution is -2.03. The number of halogens is 2. The molecule has 0 atom stereocenters. The minimum Gasteiger partial charge on any atom is -0.435 e. The molecule has 0 unspecified atom stereocenters. The van der Waals surface area contributed by atoms with E-state index in [-0.39, 0.29) is 5.75 Å². The van der Waals surface area contributed by atoms with Gasteiger partial charge in [-0.25, -0.2) is 0 Å². The maximum atomic E-state index is 12.0. The molecule has 17 heavy (non-hydrogen) atoms. The topological polar surface area (TPSA) is 12.5 Å². The molecule has 1 aromatic carbocycles. The largest absolute Gasteiger partial charge is 0.435 e. The molecule has 0 fully saturated rings. The molecule has 2 nitrogen and oxygen atoms in total. The molecule has 0 saturated heterocycles. The van der Waals surface area contributed by atoms with Crippen LogP contribution in [0.5, 0.6) is 5.75 Å². The first-order valence-corrected chi connectivity index (χ1v) is 5.09. The SMILES string of the molecule is C=C/C(=C\N(C)C)c1ccc(OC(F)F)cc1. The summed E-state index contributed by atoms with van der Waals surface area (Å²) in [5.41, 5.74) is 1.81. The molecule has 0 radical (unpaired) electrons. The Labute approximate surface area is 99.8 Å². The molecule has 0 bridgehead atoms. The molecule has 0 aliphatic rings. The fourth-order valence-corrected chi connectivity index (χ4v) is 1.35. The smallest absolute Gasteiger partial charge is 0.387 e. The number of hydrogen-bond donors (Lipinski definition) is 0. The number of hydrogen-bond acceptors (Lipinski definition) is 2. The van der Waals surface area contributed by atoms with Crippen LogP contribution in [0.1, 0.15) is 5.56 Å². The van der Waals surface area contributed by atoms with Crippen LogP contribution in [0.15, 0.2) is 43.1 Å². The van der Waals surface area contributed by atoms with Gasteiger partial charge in [-0.2, -0.15) is 8.78 Å². The first-order valence-electron chi connectivity index (χ1n) is 5.09. The maximum absolute atomic E-state index is 12.0. The summed E-state index contributed by atoms with van der Waals surface area (Å²) in [7, 11) is 3.80. The number of rotatable bonds is 5. The Bertz CT molecular complexity index is 396. The molecule has 0 heterocycles. The highest BCUT2D eigenvalue weighted by Crippen LogP contribution is 2.20. The van der Waals surface area contributed by atoms with Crippen molar-refractivity contribution in [3.63, 3.8) is 0 Å². The van der Waals surface area contributed by atoms with Crippen LogP contribution in [-0.2, 0) is 0 Å². The number of ether oxygens (including phenoxy) is 1. The summed E-state index contributed by atoms with van der Waals surface area (Å²) in [6, 6.07) is 6.45. The van der Waals surface area contributed by atoms with Gasteiger partial charge < -0.3 is 9.64 Å². The van der Waals surface area contributed by atoms with Gasteiger partial charge in [-0.05, 0) is 23.3 Å². The Kier molecular flexibility index (Phi) is 4.69. The molecule has 0 N–H and O–H groups in total. The molecule has 0 amide bonds.